The molecule has 0 amide bonds. The number of aromatic nitrogens is 6. The minimum atomic E-state index is -0.553. The summed E-state index contributed by atoms with van der Waals surface area (Å²) in [7, 11) is 0. The summed E-state index contributed by atoms with van der Waals surface area (Å²) < 4.78 is 30.1. The van der Waals surface area contributed by atoms with Crippen LogP contribution < -0.4 is 5.32 Å². The number of ether oxygens (including phenoxy) is 4. The topological polar surface area (TPSA) is 147 Å². The number of hydrogen-bond acceptors (Lipinski definition) is 13. The van der Waals surface area contributed by atoms with Crippen LogP contribution in [-0.4, -0.2) is 79.7 Å². The zero-order valence-electron chi connectivity index (χ0n) is 36.3. The highest BCUT2D eigenvalue weighted by Crippen LogP contribution is 2.38. The van der Waals surface area contributed by atoms with E-state index in [0.29, 0.717) is 51.4 Å². The highest BCUT2D eigenvalue weighted by atomic mass is 79.9. The van der Waals surface area contributed by atoms with Crippen molar-refractivity contribution in [2.45, 2.75) is 142 Å². The molecule has 6 atom stereocenters. The fourth-order valence-electron chi connectivity index (χ4n) is 7.18. The molecule has 6 unspecified atom stereocenters. The van der Waals surface area contributed by atoms with Crippen LogP contribution in [0.25, 0.3) is 0 Å². The molecule has 0 saturated carbocycles. The average molecular weight is 978 g/mol. The minimum Gasteiger partial charge on any atom is -0.374 e. The van der Waals surface area contributed by atoms with Gasteiger partial charge in [0.25, 0.3) is 0 Å². The molecule has 0 aliphatic carbocycles. The van der Waals surface area contributed by atoms with Crippen LogP contribution in [0, 0.1) is 11.8 Å². The summed E-state index contributed by atoms with van der Waals surface area (Å²) in [6.45, 7) is 17.5. The smallest absolute Gasteiger partial charge is 0.217 e. The van der Waals surface area contributed by atoms with Crippen LogP contribution in [0.5, 0.6) is 0 Å². The molecule has 0 spiro atoms. The zero-order valence-corrected chi connectivity index (χ0v) is 39.5. The fraction of sp³-hybridized carbons (Fsp3) is 0.636. The van der Waals surface area contributed by atoms with Crippen molar-refractivity contribution in [3.63, 3.8) is 0 Å². The van der Waals surface area contributed by atoms with E-state index in [2.05, 4.69) is 71.6 Å². The predicted octanol–water partition coefficient (Wildman–Crippen LogP) is 8.98. The highest BCUT2D eigenvalue weighted by molar-refractivity contribution is 9.10. The maximum Gasteiger partial charge on any atom is 0.217 e. The van der Waals surface area contributed by atoms with E-state index in [1.54, 1.807) is 0 Å². The Morgan fingerprint density at radius 1 is 0.672 bits per heavy atom. The summed E-state index contributed by atoms with van der Waals surface area (Å²) in [6.07, 6.45) is 8.31. The van der Waals surface area contributed by atoms with Crippen molar-refractivity contribution in [3.8, 4) is 0 Å². The van der Waals surface area contributed by atoms with Crippen LogP contribution in [0.15, 0.2) is 69.9 Å². The van der Waals surface area contributed by atoms with Gasteiger partial charge in [-0.1, -0.05) is 80.4 Å². The largest absolute Gasteiger partial charge is 0.374 e. The highest BCUT2D eigenvalue weighted by Gasteiger charge is 2.42. The van der Waals surface area contributed by atoms with Gasteiger partial charge < -0.3 is 24.3 Å². The van der Waals surface area contributed by atoms with Gasteiger partial charge in [-0.05, 0) is 102 Å². The molecular formula is C44H63Br2N7O8. The monoisotopic (exact) mass is 975 g/mol. The molecule has 4 heterocycles. The van der Waals surface area contributed by atoms with Crippen LogP contribution in [0.4, 0.5) is 0 Å². The second-order valence-electron chi connectivity index (χ2n) is 17.3. The van der Waals surface area contributed by atoms with Gasteiger partial charge in [0.2, 0.25) is 12.6 Å². The summed E-state index contributed by atoms with van der Waals surface area (Å²) in [6, 6.07) is 15.8. The lowest BCUT2D eigenvalue weighted by atomic mass is 9.92. The Kier molecular flexibility index (Phi) is 18.3. The molecule has 2 aromatic carbocycles. The van der Waals surface area contributed by atoms with Crippen molar-refractivity contribution in [1.29, 1.82) is 0 Å². The third-order valence-electron chi connectivity index (χ3n) is 11.1. The first-order chi connectivity index (χ1) is 29.3. The maximum atomic E-state index is 6.37. The SMILES string of the molecule is CC(CCC1OC(c2cccc(Br)c2)OOC1(C)C)CCn1cc(COCCNCCOCc2cn(CCC(C)CCC3OC(c4cccc(Br)c4)OOC3(C)C)nn2)nn1. The van der Waals surface area contributed by atoms with Crippen molar-refractivity contribution >= 4 is 31.9 Å². The Morgan fingerprint density at radius 2 is 1.11 bits per heavy atom. The molecule has 17 heteroatoms. The second-order valence-corrected chi connectivity index (χ2v) is 19.2. The molecular weight excluding hydrogens is 914 g/mol. The standard InChI is InChI=1S/C44H63Br2N7O8/c1-31(13-15-39-43(3,4)60-58-41(56-39)33-9-7-11-35(45)25-33)17-21-52-27-37(48-50-52)29-54-23-19-47-20-24-55-30-38-28-53(51-49-38)22-18-32(2)14-16-40-44(5,6)61-59-42(57-40)34-10-8-12-36(46)26-34/h7-12,25-28,31-32,39-42,47H,13-24,29-30H2,1-6H3. The van der Waals surface area contributed by atoms with Crippen molar-refractivity contribution in [3.05, 3.63) is 92.4 Å². The lowest BCUT2D eigenvalue weighted by Crippen LogP contribution is -2.46. The van der Waals surface area contributed by atoms with Gasteiger partial charge in [0, 0.05) is 46.3 Å². The van der Waals surface area contributed by atoms with Gasteiger partial charge in [0.15, 0.2) is 0 Å². The van der Waals surface area contributed by atoms with Gasteiger partial charge >= 0.3 is 0 Å². The van der Waals surface area contributed by atoms with Gasteiger partial charge in [-0.3, -0.25) is 9.36 Å². The van der Waals surface area contributed by atoms with E-state index in [0.717, 1.165) is 83.1 Å². The quantitative estimate of drug-likeness (QED) is 0.0527. The number of nitrogens with zero attached hydrogens (tertiary/aromatic N) is 6. The molecule has 2 saturated heterocycles. The van der Waals surface area contributed by atoms with Crippen LogP contribution in [0.3, 0.4) is 0 Å². The summed E-state index contributed by atoms with van der Waals surface area (Å²) in [4.78, 5) is 22.8. The van der Waals surface area contributed by atoms with Crippen LogP contribution in [0.2, 0.25) is 0 Å². The van der Waals surface area contributed by atoms with Crippen molar-refractivity contribution in [2.75, 3.05) is 26.3 Å². The Labute approximate surface area is 376 Å². The molecule has 2 aliphatic rings. The first-order valence-corrected chi connectivity index (χ1v) is 23.1. The number of benzene rings is 2. The molecule has 0 bridgehead atoms. The van der Waals surface area contributed by atoms with Crippen LogP contribution in [-0.2, 0) is 64.8 Å². The number of aryl methyl sites for hydroxylation is 2. The van der Waals surface area contributed by atoms with E-state index in [9.17, 15) is 0 Å². The fourth-order valence-corrected chi connectivity index (χ4v) is 8.01. The van der Waals surface area contributed by atoms with E-state index >= 15 is 0 Å². The van der Waals surface area contributed by atoms with Crippen molar-refractivity contribution in [1.82, 2.24) is 35.3 Å². The first kappa shape index (κ1) is 47.8. The van der Waals surface area contributed by atoms with Gasteiger partial charge in [-0.2, -0.15) is 9.78 Å². The summed E-state index contributed by atoms with van der Waals surface area (Å²) >= 11 is 7.04. The number of halogens is 2. The van der Waals surface area contributed by atoms with Crippen molar-refractivity contribution in [2.24, 2.45) is 11.8 Å². The Balaban J connectivity index is 0.769. The number of hydrogen-bond donors (Lipinski definition) is 1. The minimum absolute atomic E-state index is 0.0944. The molecule has 1 N–H and O–H groups in total. The third kappa shape index (κ3) is 15.2. The number of rotatable bonds is 24. The molecule has 2 aliphatic heterocycles. The molecule has 15 nitrogen and oxygen atoms in total. The van der Waals surface area contributed by atoms with Gasteiger partial charge in [0.1, 0.15) is 22.6 Å². The molecule has 2 aromatic heterocycles. The van der Waals surface area contributed by atoms with E-state index in [1.165, 1.54) is 0 Å². The molecule has 0 radical (unpaired) electrons. The predicted molar refractivity (Wildman–Crippen MR) is 234 cm³/mol. The molecule has 4 aromatic rings. The normalized spacial score (nSPS) is 22.3. The van der Waals surface area contributed by atoms with Gasteiger partial charge in [-0.15, -0.1) is 10.2 Å². The summed E-state index contributed by atoms with van der Waals surface area (Å²) in [5.74, 6) is 0.938. The van der Waals surface area contributed by atoms with Gasteiger partial charge in [0.05, 0.1) is 51.0 Å². The van der Waals surface area contributed by atoms with E-state index in [-0.39, 0.29) is 12.2 Å². The Bertz CT molecular complexity index is 1780. The molecule has 336 valence electrons. The van der Waals surface area contributed by atoms with E-state index < -0.39 is 23.8 Å². The Morgan fingerprint density at radius 3 is 1.54 bits per heavy atom. The summed E-state index contributed by atoms with van der Waals surface area (Å²) in [5.41, 5.74) is 2.40. The molecule has 6 rings (SSSR count). The average Bonchev–Trinajstić information content (AvgIpc) is 3.90. The molecule has 2 fully saturated rings. The summed E-state index contributed by atoms with van der Waals surface area (Å²) in [5, 5.41) is 20.6. The zero-order chi connectivity index (χ0) is 43.2. The first-order valence-electron chi connectivity index (χ1n) is 21.5. The second kappa shape index (κ2) is 23.3. The van der Waals surface area contributed by atoms with Gasteiger partial charge in [-0.25, -0.2) is 9.78 Å². The van der Waals surface area contributed by atoms with E-state index in [1.807, 2.05) is 98.0 Å². The maximum absolute atomic E-state index is 6.37. The lowest BCUT2D eigenvalue weighted by Gasteiger charge is -2.41. The number of nitrogens with one attached hydrogen (secondary N) is 1. The third-order valence-corrected chi connectivity index (χ3v) is 12.1. The van der Waals surface area contributed by atoms with Crippen LogP contribution >= 0.6 is 31.9 Å². The lowest BCUT2D eigenvalue weighted by molar-refractivity contribution is -0.487. The van der Waals surface area contributed by atoms with Crippen LogP contribution in [0.1, 0.15) is 115 Å². The molecule has 61 heavy (non-hydrogen) atoms. The van der Waals surface area contributed by atoms with Crippen molar-refractivity contribution < 1.29 is 38.5 Å². The van der Waals surface area contributed by atoms with E-state index in [4.69, 9.17) is 38.5 Å². The Hall–Kier alpha value is -2.68.